The summed E-state index contributed by atoms with van der Waals surface area (Å²) in [6, 6.07) is 5.15. The number of nitrogens with zero attached hydrogens (tertiary/aromatic N) is 3. The van der Waals surface area contributed by atoms with Crippen LogP contribution in [0.2, 0.25) is 0 Å². The fourth-order valence-electron chi connectivity index (χ4n) is 1.81. The van der Waals surface area contributed by atoms with Gasteiger partial charge in [-0.1, -0.05) is 17.3 Å². The van der Waals surface area contributed by atoms with Gasteiger partial charge in [0.05, 0.1) is 29.4 Å². The second-order valence-electron chi connectivity index (χ2n) is 3.98. The summed E-state index contributed by atoms with van der Waals surface area (Å²) in [5, 5.41) is 7.54. The summed E-state index contributed by atoms with van der Waals surface area (Å²) in [7, 11) is 1.44. The Hall–Kier alpha value is -1.60. The van der Waals surface area contributed by atoms with Gasteiger partial charge < -0.3 is 4.74 Å². The van der Waals surface area contributed by atoms with E-state index in [1.807, 2.05) is 0 Å². The molecule has 0 saturated carbocycles. The summed E-state index contributed by atoms with van der Waals surface area (Å²) in [6.45, 7) is 0.0707. The Balaban J connectivity index is 2.60. The average Bonchev–Trinajstić information content (AvgIpc) is 2.81. The number of halogens is 4. The Kier molecular flexibility index (Phi) is 4.29. The van der Waals surface area contributed by atoms with Gasteiger partial charge in [0.15, 0.2) is 0 Å². The maximum Gasteiger partial charge on any atom is 0.418 e. The number of alkyl halides is 4. The Morgan fingerprint density at radius 3 is 2.60 bits per heavy atom. The molecule has 0 aliphatic heterocycles. The van der Waals surface area contributed by atoms with Gasteiger partial charge in [0, 0.05) is 7.11 Å². The molecule has 0 aliphatic carbocycles. The molecule has 4 nitrogen and oxygen atoms in total. The normalized spacial score (nSPS) is 11.8. The van der Waals surface area contributed by atoms with E-state index in [1.165, 1.54) is 25.3 Å². The van der Waals surface area contributed by atoms with Crippen molar-refractivity contribution >= 4 is 11.6 Å². The molecule has 2 rings (SSSR count). The van der Waals surface area contributed by atoms with E-state index in [2.05, 4.69) is 10.3 Å². The number of ether oxygens (including phenoxy) is 1. The van der Waals surface area contributed by atoms with Crippen LogP contribution >= 0.6 is 11.6 Å². The minimum absolute atomic E-state index is 0.0485. The van der Waals surface area contributed by atoms with Crippen LogP contribution in [0.5, 0.6) is 0 Å². The first kappa shape index (κ1) is 14.8. The summed E-state index contributed by atoms with van der Waals surface area (Å²) < 4.78 is 45.2. The molecule has 0 bridgehead atoms. The molecule has 1 heterocycles. The zero-order chi connectivity index (χ0) is 14.8. The van der Waals surface area contributed by atoms with Crippen molar-refractivity contribution in [2.75, 3.05) is 7.11 Å². The van der Waals surface area contributed by atoms with Gasteiger partial charge in [0.25, 0.3) is 0 Å². The zero-order valence-corrected chi connectivity index (χ0v) is 11.2. The quantitative estimate of drug-likeness (QED) is 0.815. The molecular formula is C12H11ClF3N3O. The molecule has 0 aliphatic rings. The molecule has 0 N–H and O–H groups in total. The van der Waals surface area contributed by atoms with Crippen LogP contribution in [0.1, 0.15) is 17.0 Å². The van der Waals surface area contributed by atoms with Crippen molar-refractivity contribution in [1.82, 2.24) is 15.0 Å². The topological polar surface area (TPSA) is 39.9 Å². The van der Waals surface area contributed by atoms with Gasteiger partial charge in [0.1, 0.15) is 5.69 Å². The molecule has 0 radical (unpaired) electrons. The van der Waals surface area contributed by atoms with Crippen LogP contribution in [0.25, 0.3) is 5.69 Å². The molecule has 0 fully saturated rings. The number of benzene rings is 1. The van der Waals surface area contributed by atoms with Gasteiger partial charge in [-0.05, 0) is 12.1 Å². The highest BCUT2D eigenvalue weighted by Gasteiger charge is 2.34. The Morgan fingerprint density at radius 2 is 2.00 bits per heavy atom. The zero-order valence-electron chi connectivity index (χ0n) is 10.5. The van der Waals surface area contributed by atoms with Crippen molar-refractivity contribution in [2.24, 2.45) is 0 Å². The number of hydrogen-bond donors (Lipinski definition) is 0. The molecule has 108 valence electrons. The fraction of sp³-hybridized carbons (Fsp3) is 0.333. The third-order valence-corrected chi connectivity index (χ3v) is 2.94. The molecule has 0 atom stereocenters. The van der Waals surface area contributed by atoms with Gasteiger partial charge >= 0.3 is 6.18 Å². The first-order chi connectivity index (χ1) is 9.49. The van der Waals surface area contributed by atoms with Crippen molar-refractivity contribution in [1.29, 1.82) is 0 Å². The Bertz CT molecular complexity index is 598. The highest BCUT2D eigenvalue weighted by molar-refractivity contribution is 6.16. The SMILES string of the molecule is COCc1c(CCl)nnn1-c1ccccc1C(F)(F)F. The molecule has 8 heteroatoms. The fourth-order valence-corrected chi connectivity index (χ4v) is 2.02. The molecule has 2 aromatic rings. The Morgan fingerprint density at radius 1 is 1.30 bits per heavy atom. The lowest BCUT2D eigenvalue weighted by Crippen LogP contribution is -2.13. The predicted octanol–water partition coefficient (Wildman–Crippen LogP) is 3.17. The van der Waals surface area contributed by atoms with E-state index in [0.29, 0.717) is 11.4 Å². The summed E-state index contributed by atoms with van der Waals surface area (Å²) in [6.07, 6.45) is -4.48. The number of hydrogen-bond acceptors (Lipinski definition) is 3. The Labute approximate surface area is 118 Å². The molecule has 0 spiro atoms. The smallest absolute Gasteiger partial charge is 0.378 e. The van der Waals surface area contributed by atoms with E-state index < -0.39 is 11.7 Å². The van der Waals surface area contributed by atoms with Crippen LogP contribution in [0.4, 0.5) is 13.2 Å². The van der Waals surface area contributed by atoms with E-state index in [1.54, 1.807) is 0 Å². The second kappa shape index (κ2) is 5.80. The number of para-hydroxylation sites is 1. The van der Waals surface area contributed by atoms with Gasteiger partial charge in [-0.15, -0.1) is 16.7 Å². The summed E-state index contributed by atoms with van der Waals surface area (Å²) in [5.41, 5.74) is -0.0935. The van der Waals surface area contributed by atoms with Crippen molar-refractivity contribution in [3.63, 3.8) is 0 Å². The third kappa shape index (κ3) is 2.78. The van der Waals surface area contributed by atoms with Gasteiger partial charge in [-0.2, -0.15) is 13.2 Å². The molecule has 0 amide bonds. The third-order valence-electron chi connectivity index (χ3n) is 2.69. The van der Waals surface area contributed by atoms with Gasteiger partial charge in [0.2, 0.25) is 0 Å². The molecule has 1 aromatic carbocycles. The van der Waals surface area contributed by atoms with Crippen molar-refractivity contribution in [2.45, 2.75) is 18.7 Å². The first-order valence-electron chi connectivity index (χ1n) is 5.64. The van der Waals surface area contributed by atoms with Crippen LogP contribution in [-0.2, 0) is 23.4 Å². The van der Waals surface area contributed by atoms with Crippen LogP contribution in [0, 0.1) is 0 Å². The summed E-state index contributed by atoms with van der Waals surface area (Å²) in [5.74, 6) is 0.0485. The lowest BCUT2D eigenvalue weighted by molar-refractivity contribution is -0.137. The van der Waals surface area contributed by atoms with E-state index in [4.69, 9.17) is 16.3 Å². The van der Waals surface area contributed by atoms with Gasteiger partial charge in [-0.25, -0.2) is 4.68 Å². The molecular weight excluding hydrogens is 295 g/mol. The van der Waals surface area contributed by atoms with Crippen LogP contribution < -0.4 is 0 Å². The summed E-state index contributed by atoms with van der Waals surface area (Å²) in [4.78, 5) is 0. The van der Waals surface area contributed by atoms with Crippen molar-refractivity contribution in [3.8, 4) is 5.69 Å². The van der Waals surface area contributed by atoms with E-state index in [9.17, 15) is 13.2 Å². The molecule has 20 heavy (non-hydrogen) atoms. The largest absolute Gasteiger partial charge is 0.418 e. The van der Waals surface area contributed by atoms with Gasteiger partial charge in [-0.3, -0.25) is 0 Å². The van der Waals surface area contributed by atoms with Crippen LogP contribution in [-0.4, -0.2) is 22.1 Å². The maximum atomic E-state index is 13.0. The maximum absolute atomic E-state index is 13.0. The first-order valence-corrected chi connectivity index (χ1v) is 6.17. The molecule has 0 saturated heterocycles. The van der Waals surface area contributed by atoms with Crippen molar-refractivity contribution in [3.05, 3.63) is 41.2 Å². The number of rotatable bonds is 4. The average molecular weight is 306 g/mol. The molecule has 0 unspecified atom stereocenters. The lowest BCUT2D eigenvalue weighted by atomic mass is 10.1. The lowest BCUT2D eigenvalue weighted by Gasteiger charge is -2.14. The molecule has 1 aromatic heterocycles. The number of methoxy groups -OCH3 is 1. The monoisotopic (exact) mass is 305 g/mol. The van der Waals surface area contributed by atoms with E-state index in [-0.39, 0.29) is 18.2 Å². The predicted molar refractivity (Wildman–Crippen MR) is 66.6 cm³/mol. The van der Waals surface area contributed by atoms with Crippen LogP contribution in [0.15, 0.2) is 24.3 Å². The minimum Gasteiger partial charge on any atom is -0.378 e. The standard InChI is InChI=1S/C12H11ClF3N3O/c1-20-7-11-9(6-13)17-18-19(11)10-5-3-2-4-8(10)12(14,15)16/h2-5H,6-7H2,1H3. The second-order valence-corrected chi connectivity index (χ2v) is 4.24. The van der Waals surface area contributed by atoms with E-state index >= 15 is 0 Å². The highest BCUT2D eigenvalue weighted by Crippen LogP contribution is 2.34. The van der Waals surface area contributed by atoms with Crippen molar-refractivity contribution < 1.29 is 17.9 Å². The summed E-state index contributed by atoms with van der Waals surface area (Å²) >= 11 is 5.70. The van der Waals surface area contributed by atoms with Crippen LogP contribution in [0.3, 0.4) is 0 Å². The minimum atomic E-state index is -4.48. The number of aromatic nitrogens is 3. The highest BCUT2D eigenvalue weighted by atomic mass is 35.5. The van der Waals surface area contributed by atoms with E-state index in [0.717, 1.165) is 10.7 Å².